The number of aromatic nitrogens is 1. The predicted octanol–water partition coefficient (Wildman–Crippen LogP) is 2.34. The summed E-state index contributed by atoms with van der Waals surface area (Å²) in [6.45, 7) is 1.81. The van der Waals surface area contributed by atoms with E-state index in [2.05, 4.69) is 27.0 Å². The van der Waals surface area contributed by atoms with Crippen LogP contribution in [0.5, 0.6) is 0 Å². The van der Waals surface area contributed by atoms with Crippen LogP contribution in [0.4, 0.5) is 0 Å². The van der Waals surface area contributed by atoms with Crippen LogP contribution >= 0.6 is 15.9 Å². The quantitative estimate of drug-likeness (QED) is 0.849. The number of nitriles is 1. The summed E-state index contributed by atoms with van der Waals surface area (Å²) < 4.78 is 0.814. The predicted molar refractivity (Wildman–Crippen MR) is 59.3 cm³/mol. The van der Waals surface area contributed by atoms with Gasteiger partial charge in [0.05, 0.1) is 16.9 Å². The molecule has 1 aromatic heterocycles. The van der Waals surface area contributed by atoms with Gasteiger partial charge in [-0.3, -0.25) is 4.98 Å². The molecule has 0 saturated heterocycles. The van der Waals surface area contributed by atoms with Gasteiger partial charge in [0.1, 0.15) is 6.07 Å². The molecular formula is C11H11BrN2O. The van der Waals surface area contributed by atoms with Gasteiger partial charge in [-0.15, -0.1) is 0 Å². The maximum Gasteiger partial charge on any atom is 0.101 e. The Balaban J connectivity index is 2.27. The zero-order valence-corrected chi connectivity index (χ0v) is 9.95. The lowest BCUT2D eigenvalue weighted by atomic mass is 9.70. The lowest BCUT2D eigenvalue weighted by molar-refractivity contribution is -0.0324. The molecule has 15 heavy (non-hydrogen) atoms. The van der Waals surface area contributed by atoms with Crippen molar-refractivity contribution in [3.8, 4) is 6.07 Å². The van der Waals surface area contributed by atoms with E-state index in [1.807, 2.05) is 6.92 Å². The normalized spacial score (nSPS) is 29.3. The van der Waals surface area contributed by atoms with Crippen LogP contribution in [-0.2, 0) is 0 Å². The highest BCUT2D eigenvalue weighted by Crippen LogP contribution is 2.44. The van der Waals surface area contributed by atoms with Crippen LogP contribution in [0.2, 0.25) is 0 Å². The first-order valence-electron chi connectivity index (χ1n) is 4.80. The minimum atomic E-state index is -0.577. The molecule has 0 aromatic carbocycles. The number of hydrogen-bond donors (Lipinski definition) is 1. The Labute approximate surface area is 96.9 Å². The fourth-order valence-corrected chi connectivity index (χ4v) is 2.39. The van der Waals surface area contributed by atoms with Crippen LogP contribution in [0.1, 0.15) is 36.9 Å². The van der Waals surface area contributed by atoms with E-state index < -0.39 is 5.60 Å². The summed E-state index contributed by atoms with van der Waals surface area (Å²) in [7, 11) is 0. The van der Waals surface area contributed by atoms with E-state index in [0.717, 1.165) is 10.2 Å². The number of rotatable bonds is 1. The summed E-state index contributed by atoms with van der Waals surface area (Å²) in [5.74, 6) is 0.225. The summed E-state index contributed by atoms with van der Waals surface area (Å²) in [4.78, 5) is 4.26. The van der Waals surface area contributed by atoms with E-state index in [-0.39, 0.29) is 5.92 Å². The van der Waals surface area contributed by atoms with Gasteiger partial charge in [-0.1, -0.05) is 0 Å². The molecule has 0 bridgehead atoms. The van der Waals surface area contributed by atoms with Gasteiger partial charge < -0.3 is 5.11 Å². The third kappa shape index (κ3) is 2.04. The Kier molecular flexibility index (Phi) is 2.53. The highest BCUT2D eigenvalue weighted by Gasteiger charge is 2.40. The van der Waals surface area contributed by atoms with Crippen LogP contribution < -0.4 is 0 Å². The molecule has 1 heterocycles. The van der Waals surface area contributed by atoms with Crippen molar-refractivity contribution in [1.29, 1.82) is 5.26 Å². The number of pyridine rings is 1. The smallest absolute Gasteiger partial charge is 0.101 e. The lowest BCUT2D eigenvalue weighted by Crippen LogP contribution is -2.39. The Morgan fingerprint density at radius 1 is 1.67 bits per heavy atom. The first kappa shape index (κ1) is 10.6. The van der Waals surface area contributed by atoms with Crippen LogP contribution in [0, 0.1) is 11.3 Å². The fourth-order valence-electron chi connectivity index (χ4n) is 2.06. The van der Waals surface area contributed by atoms with E-state index in [0.29, 0.717) is 18.4 Å². The van der Waals surface area contributed by atoms with E-state index in [4.69, 9.17) is 5.26 Å². The monoisotopic (exact) mass is 266 g/mol. The number of hydrogen-bond acceptors (Lipinski definition) is 3. The van der Waals surface area contributed by atoms with E-state index in [1.54, 1.807) is 12.3 Å². The maximum absolute atomic E-state index is 9.64. The van der Waals surface area contributed by atoms with Crippen LogP contribution in [0.15, 0.2) is 16.7 Å². The van der Waals surface area contributed by atoms with Gasteiger partial charge >= 0.3 is 0 Å². The van der Waals surface area contributed by atoms with Gasteiger partial charge in [-0.25, -0.2) is 0 Å². The molecule has 1 aliphatic carbocycles. The highest BCUT2D eigenvalue weighted by atomic mass is 79.9. The molecule has 0 aliphatic heterocycles. The number of nitrogens with zero attached hydrogens (tertiary/aromatic N) is 2. The zero-order valence-electron chi connectivity index (χ0n) is 8.37. The van der Waals surface area contributed by atoms with Crippen molar-refractivity contribution in [3.63, 3.8) is 0 Å². The second-order valence-electron chi connectivity index (χ2n) is 4.30. The molecule has 0 atom stereocenters. The summed E-state index contributed by atoms with van der Waals surface area (Å²) in [5, 5.41) is 18.6. The molecule has 1 aromatic rings. The zero-order chi connectivity index (χ0) is 11.1. The first-order chi connectivity index (χ1) is 7.02. The molecule has 0 radical (unpaired) electrons. The minimum Gasteiger partial charge on any atom is -0.390 e. The highest BCUT2D eigenvalue weighted by molar-refractivity contribution is 9.10. The fraction of sp³-hybridized carbons (Fsp3) is 0.455. The summed E-state index contributed by atoms with van der Waals surface area (Å²) >= 11 is 3.29. The minimum absolute atomic E-state index is 0.225. The van der Waals surface area contributed by atoms with E-state index in [1.165, 1.54) is 0 Å². The standard InChI is InChI=1S/C11H11BrN2O/c1-11(15)3-8(4-11)10-7(5-13)2-9(12)6-14-10/h2,6,8,15H,3-4H2,1H3. The summed E-state index contributed by atoms with van der Waals surface area (Å²) in [5.41, 5.74) is 0.837. The Bertz CT molecular complexity index is 429. The molecule has 1 N–H and O–H groups in total. The molecule has 0 spiro atoms. The summed E-state index contributed by atoms with van der Waals surface area (Å²) in [6.07, 6.45) is 3.08. The molecular weight excluding hydrogens is 256 g/mol. The van der Waals surface area contributed by atoms with Crippen LogP contribution in [0.3, 0.4) is 0 Å². The van der Waals surface area contributed by atoms with Gasteiger partial charge in [0.15, 0.2) is 0 Å². The summed E-state index contributed by atoms with van der Waals surface area (Å²) in [6, 6.07) is 3.91. The van der Waals surface area contributed by atoms with Crippen molar-refractivity contribution >= 4 is 15.9 Å². The Morgan fingerprint density at radius 2 is 2.33 bits per heavy atom. The molecule has 3 nitrogen and oxygen atoms in total. The average molecular weight is 267 g/mol. The first-order valence-corrected chi connectivity index (χ1v) is 5.59. The molecule has 2 rings (SSSR count). The van der Waals surface area contributed by atoms with E-state index >= 15 is 0 Å². The number of halogens is 1. The van der Waals surface area contributed by atoms with Crippen molar-refractivity contribution in [2.75, 3.05) is 0 Å². The van der Waals surface area contributed by atoms with Gasteiger partial charge in [0, 0.05) is 16.6 Å². The third-order valence-electron chi connectivity index (χ3n) is 2.76. The average Bonchev–Trinajstić information content (AvgIpc) is 2.14. The molecule has 1 fully saturated rings. The van der Waals surface area contributed by atoms with Crippen molar-refractivity contribution in [2.24, 2.45) is 0 Å². The Hall–Kier alpha value is -0.920. The second kappa shape index (κ2) is 3.58. The third-order valence-corrected chi connectivity index (χ3v) is 3.20. The number of aliphatic hydroxyl groups is 1. The second-order valence-corrected chi connectivity index (χ2v) is 5.22. The van der Waals surface area contributed by atoms with Gasteiger partial charge in [-0.05, 0) is 41.8 Å². The molecule has 0 unspecified atom stereocenters. The van der Waals surface area contributed by atoms with Crippen LogP contribution in [-0.4, -0.2) is 15.7 Å². The van der Waals surface area contributed by atoms with Gasteiger partial charge in [-0.2, -0.15) is 5.26 Å². The molecule has 0 amide bonds. The lowest BCUT2D eigenvalue weighted by Gasteiger charge is -2.40. The van der Waals surface area contributed by atoms with Crippen LogP contribution in [0.25, 0.3) is 0 Å². The van der Waals surface area contributed by atoms with Crippen molar-refractivity contribution in [1.82, 2.24) is 4.98 Å². The molecule has 1 saturated carbocycles. The van der Waals surface area contributed by atoms with Crippen molar-refractivity contribution < 1.29 is 5.11 Å². The molecule has 78 valence electrons. The van der Waals surface area contributed by atoms with Crippen molar-refractivity contribution in [2.45, 2.75) is 31.3 Å². The SMILES string of the molecule is CC1(O)CC(c2ncc(Br)cc2C#N)C1. The van der Waals surface area contributed by atoms with E-state index in [9.17, 15) is 5.11 Å². The molecule has 1 aliphatic rings. The Morgan fingerprint density at radius 3 is 2.87 bits per heavy atom. The largest absolute Gasteiger partial charge is 0.390 e. The van der Waals surface area contributed by atoms with Gasteiger partial charge in [0.2, 0.25) is 0 Å². The maximum atomic E-state index is 9.64. The topological polar surface area (TPSA) is 56.9 Å². The molecule has 4 heteroatoms. The van der Waals surface area contributed by atoms with Gasteiger partial charge in [0.25, 0.3) is 0 Å². The van der Waals surface area contributed by atoms with Crippen molar-refractivity contribution in [3.05, 3.63) is 28.0 Å².